The average molecular weight is 413 g/mol. The van der Waals surface area contributed by atoms with Gasteiger partial charge in [0.15, 0.2) is 11.2 Å². The van der Waals surface area contributed by atoms with Crippen LogP contribution in [0.25, 0.3) is 11.1 Å². The van der Waals surface area contributed by atoms with E-state index in [1.54, 1.807) is 6.92 Å². The molecule has 0 unspecified atom stereocenters. The molecule has 3 N–H and O–H groups in total. The highest BCUT2D eigenvalue weighted by molar-refractivity contribution is 6.10. The number of hydrogen-bond donors (Lipinski definition) is 2. The Hall–Kier alpha value is -2.84. The van der Waals surface area contributed by atoms with Crippen LogP contribution in [0.15, 0.2) is 23.3 Å². The Bertz CT molecular complexity index is 1030. The maximum absolute atomic E-state index is 13.2. The summed E-state index contributed by atoms with van der Waals surface area (Å²) < 4.78 is 10.8. The van der Waals surface area contributed by atoms with Gasteiger partial charge in [0.2, 0.25) is 0 Å². The Kier molecular flexibility index (Phi) is 6.48. The molecule has 0 aliphatic heterocycles. The van der Waals surface area contributed by atoms with Crippen molar-refractivity contribution in [3.05, 3.63) is 51.2 Å². The smallest absolute Gasteiger partial charge is 0.340 e. The Labute approximate surface area is 174 Å². The molecule has 0 aromatic carbocycles. The molecule has 1 aliphatic rings. The number of ketones is 1. The highest BCUT2D eigenvalue weighted by Crippen LogP contribution is 2.40. The maximum atomic E-state index is 13.2. The van der Waals surface area contributed by atoms with E-state index in [9.17, 15) is 14.4 Å². The minimum Gasteiger partial charge on any atom is -0.462 e. The first-order valence-corrected chi connectivity index (χ1v) is 10.0. The first-order chi connectivity index (χ1) is 14.3. The number of pyridine rings is 2. The lowest BCUT2D eigenvalue weighted by Crippen LogP contribution is -2.31. The Morgan fingerprint density at radius 2 is 2.03 bits per heavy atom. The van der Waals surface area contributed by atoms with Crippen molar-refractivity contribution in [2.45, 2.75) is 40.2 Å². The Balaban J connectivity index is 2.36. The van der Waals surface area contributed by atoms with E-state index in [1.807, 2.05) is 13.8 Å². The van der Waals surface area contributed by atoms with Gasteiger partial charge in [-0.15, -0.1) is 0 Å². The first kappa shape index (κ1) is 21.9. The molecular formula is C22H27N3O5. The number of carbonyl (C=O) groups is 2. The largest absolute Gasteiger partial charge is 0.462 e. The Morgan fingerprint density at radius 3 is 2.70 bits per heavy atom. The summed E-state index contributed by atoms with van der Waals surface area (Å²) in [6, 6.07) is 1.36. The predicted molar refractivity (Wildman–Crippen MR) is 111 cm³/mol. The van der Waals surface area contributed by atoms with Gasteiger partial charge in [-0.1, -0.05) is 13.8 Å². The zero-order valence-corrected chi connectivity index (χ0v) is 17.5. The lowest BCUT2D eigenvalue weighted by atomic mass is 9.73. The number of nitrogens with zero attached hydrogens (tertiary/aromatic N) is 1. The minimum atomic E-state index is -0.643. The van der Waals surface area contributed by atoms with Crippen LogP contribution in [-0.4, -0.2) is 41.5 Å². The van der Waals surface area contributed by atoms with Gasteiger partial charge in [-0.3, -0.25) is 14.6 Å². The van der Waals surface area contributed by atoms with Crippen LogP contribution in [0, 0.1) is 5.41 Å². The monoisotopic (exact) mass is 413 g/mol. The first-order valence-electron chi connectivity index (χ1n) is 10.0. The molecule has 0 bridgehead atoms. The number of hydrogen-bond acceptors (Lipinski definition) is 7. The molecule has 2 aromatic heterocycles. The molecule has 30 heavy (non-hydrogen) atoms. The number of aromatic nitrogens is 2. The molecule has 1 aliphatic carbocycles. The molecule has 0 saturated heterocycles. The fourth-order valence-electron chi connectivity index (χ4n) is 3.82. The summed E-state index contributed by atoms with van der Waals surface area (Å²) in [5.74, 6) is -0.790. The molecule has 8 heteroatoms. The topological polar surface area (TPSA) is 124 Å². The van der Waals surface area contributed by atoms with E-state index in [0.29, 0.717) is 36.3 Å². The van der Waals surface area contributed by atoms with Gasteiger partial charge in [0.05, 0.1) is 36.8 Å². The number of fused-ring (bicyclic) bond motifs is 1. The molecular weight excluding hydrogens is 386 g/mol. The second-order valence-electron chi connectivity index (χ2n) is 8.06. The number of esters is 1. The minimum absolute atomic E-state index is 0.0188. The van der Waals surface area contributed by atoms with E-state index in [0.717, 1.165) is 0 Å². The molecule has 0 saturated carbocycles. The zero-order chi connectivity index (χ0) is 21.9. The number of nitrogens with one attached hydrogen (secondary N) is 1. The van der Waals surface area contributed by atoms with Gasteiger partial charge < -0.3 is 20.2 Å². The predicted octanol–water partition coefficient (Wildman–Crippen LogP) is 2.24. The van der Waals surface area contributed by atoms with Crippen molar-refractivity contribution >= 4 is 11.8 Å². The number of carbonyl (C=O) groups excluding carboxylic acids is 2. The van der Waals surface area contributed by atoms with Gasteiger partial charge in [-0.05, 0) is 18.8 Å². The summed E-state index contributed by atoms with van der Waals surface area (Å²) in [6.07, 6.45) is 3.83. The fraction of sp³-hybridized carbons (Fsp3) is 0.455. The molecule has 2 aromatic rings. The van der Waals surface area contributed by atoms with Crippen LogP contribution in [0.4, 0.5) is 0 Å². The van der Waals surface area contributed by atoms with Crippen molar-refractivity contribution in [2.24, 2.45) is 11.1 Å². The second kappa shape index (κ2) is 8.89. The molecule has 8 nitrogen and oxygen atoms in total. The quantitative estimate of drug-likeness (QED) is 0.527. The second-order valence-corrected chi connectivity index (χ2v) is 8.06. The van der Waals surface area contributed by atoms with Crippen LogP contribution in [-0.2, 0) is 22.5 Å². The normalized spacial score (nSPS) is 15.0. The zero-order valence-electron chi connectivity index (χ0n) is 17.5. The molecule has 0 fully saturated rings. The molecule has 2 heterocycles. The molecule has 0 spiro atoms. The van der Waals surface area contributed by atoms with E-state index in [2.05, 4.69) is 9.97 Å². The SMILES string of the molecule is CCOC(=O)c1c(COCCN)nc2c(c1-c1c[nH]ccc1=O)C(=O)CC(C)(C)C2. The Morgan fingerprint density at radius 1 is 1.27 bits per heavy atom. The number of aromatic amines is 1. The number of rotatable bonds is 7. The third kappa shape index (κ3) is 4.34. The molecule has 3 rings (SSSR count). The van der Waals surface area contributed by atoms with E-state index >= 15 is 0 Å². The summed E-state index contributed by atoms with van der Waals surface area (Å²) in [5, 5.41) is 0. The van der Waals surface area contributed by atoms with Gasteiger partial charge in [0, 0.05) is 48.1 Å². The molecule has 0 radical (unpaired) electrons. The van der Waals surface area contributed by atoms with Crippen LogP contribution in [0.5, 0.6) is 0 Å². The molecule has 0 amide bonds. The van der Waals surface area contributed by atoms with Gasteiger partial charge in [-0.25, -0.2) is 4.79 Å². The summed E-state index contributed by atoms with van der Waals surface area (Å²) in [7, 11) is 0. The van der Waals surface area contributed by atoms with E-state index in [4.69, 9.17) is 15.2 Å². The number of Topliss-reactive ketones (excluding diaryl/α,β-unsaturated/α-hetero) is 1. The maximum Gasteiger partial charge on any atom is 0.340 e. The van der Waals surface area contributed by atoms with E-state index in [-0.39, 0.29) is 53.1 Å². The van der Waals surface area contributed by atoms with Gasteiger partial charge >= 0.3 is 5.97 Å². The van der Waals surface area contributed by atoms with Crippen molar-refractivity contribution in [3.63, 3.8) is 0 Å². The number of nitrogens with two attached hydrogens (primary N) is 1. The van der Waals surface area contributed by atoms with Crippen LogP contribution < -0.4 is 11.2 Å². The average Bonchev–Trinajstić information content (AvgIpc) is 2.66. The third-order valence-corrected chi connectivity index (χ3v) is 4.98. The van der Waals surface area contributed by atoms with Crippen molar-refractivity contribution in [1.82, 2.24) is 9.97 Å². The van der Waals surface area contributed by atoms with Crippen molar-refractivity contribution in [1.29, 1.82) is 0 Å². The van der Waals surface area contributed by atoms with Gasteiger partial charge in [0.25, 0.3) is 0 Å². The summed E-state index contributed by atoms with van der Waals surface area (Å²) in [6.45, 7) is 6.44. The highest BCUT2D eigenvalue weighted by atomic mass is 16.5. The lowest BCUT2D eigenvalue weighted by Gasteiger charge is -2.31. The van der Waals surface area contributed by atoms with Crippen LogP contribution in [0.1, 0.15) is 59.3 Å². The highest BCUT2D eigenvalue weighted by Gasteiger charge is 2.37. The van der Waals surface area contributed by atoms with Crippen molar-refractivity contribution in [3.8, 4) is 11.1 Å². The number of ether oxygens (including phenoxy) is 2. The van der Waals surface area contributed by atoms with E-state index in [1.165, 1.54) is 18.5 Å². The van der Waals surface area contributed by atoms with Crippen LogP contribution in [0.2, 0.25) is 0 Å². The third-order valence-electron chi connectivity index (χ3n) is 4.98. The van der Waals surface area contributed by atoms with Crippen molar-refractivity contribution in [2.75, 3.05) is 19.8 Å². The molecule has 160 valence electrons. The van der Waals surface area contributed by atoms with E-state index < -0.39 is 5.97 Å². The fourth-order valence-corrected chi connectivity index (χ4v) is 3.82. The van der Waals surface area contributed by atoms with Crippen LogP contribution >= 0.6 is 0 Å². The number of H-pyrrole nitrogens is 1. The standard InChI is InChI=1S/C22H27N3O5/c1-4-30-21(28)20-15(12-29-8-6-23)25-14-9-22(2,3)10-17(27)19(14)18(20)13-11-24-7-5-16(13)26/h5,7,11H,4,6,8-10,12,23H2,1-3H3,(H,24,26). The lowest BCUT2D eigenvalue weighted by molar-refractivity contribution is 0.0518. The molecule has 0 atom stereocenters. The summed E-state index contributed by atoms with van der Waals surface area (Å²) in [4.78, 5) is 46.3. The van der Waals surface area contributed by atoms with Gasteiger partial charge in [-0.2, -0.15) is 0 Å². The van der Waals surface area contributed by atoms with Crippen LogP contribution in [0.3, 0.4) is 0 Å². The van der Waals surface area contributed by atoms with Gasteiger partial charge in [0.1, 0.15) is 0 Å². The summed E-state index contributed by atoms with van der Waals surface area (Å²) >= 11 is 0. The van der Waals surface area contributed by atoms with Crippen molar-refractivity contribution < 1.29 is 19.1 Å². The summed E-state index contributed by atoms with van der Waals surface area (Å²) in [5.41, 5.74) is 6.74.